The molecule has 0 aliphatic rings. The molecular formula is C9H19NO2. The number of hydrogen-bond acceptors (Lipinski definition) is 2. The molecule has 0 spiro atoms. The van der Waals surface area contributed by atoms with Gasteiger partial charge in [-0.15, -0.1) is 0 Å². The lowest BCUT2D eigenvalue weighted by molar-refractivity contribution is -0.138. The molecule has 0 saturated heterocycles. The molecule has 0 radical (unpaired) electrons. The van der Waals surface area contributed by atoms with Crippen molar-refractivity contribution in [2.75, 3.05) is 20.1 Å². The molecule has 1 N–H and O–H groups in total. The number of carboxylic acid groups (broad SMARTS) is 1. The minimum absolute atomic E-state index is 0.135. The fraction of sp³-hybridized carbons (Fsp3) is 0.889. The maximum absolute atomic E-state index is 10.3. The summed E-state index contributed by atoms with van der Waals surface area (Å²) in [4.78, 5) is 12.1. The van der Waals surface area contributed by atoms with E-state index in [2.05, 4.69) is 20.8 Å². The van der Waals surface area contributed by atoms with E-state index in [4.69, 9.17) is 5.11 Å². The number of likely N-dealkylation sites (N-methyl/N-ethyl adjacent to an activating group) is 1. The molecule has 0 aromatic carbocycles. The second-order valence-corrected chi connectivity index (χ2v) is 4.44. The van der Waals surface area contributed by atoms with Crippen molar-refractivity contribution in [3.63, 3.8) is 0 Å². The first-order chi connectivity index (χ1) is 5.31. The quantitative estimate of drug-likeness (QED) is 0.699. The van der Waals surface area contributed by atoms with Crippen molar-refractivity contribution in [3.05, 3.63) is 0 Å². The predicted molar refractivity (Wildman–Crippen MR) is 49.2 cm³/mol. The summed E-state index contributed by atoms with van der Waals surface area (Å²) in [6.45, 7) is 7.44. The Labute approximate surface area is 74.4 Å². The molecule has 0 unspecified atom stereocenters. The second kappa shape index (κ2) is 4.45. The van der Waals surface area contributed by atoms with Crippen molar-refractivity contribution in [3.8, 4) is 0 Å². The monoisotopic (exact) mass is 173 g/mol. The van der Waals surface area contributed by atoms with Gasteiger partial charge in [0.05, 0.1) is 6.54 Å². The fourth-order valence-electron chi connectivity index (χ4n) is 0.836. The number of carboxylic acids is 1. The van der Waals surface area contributed by atoms with Gasteiger partial charge in [-0.2, -0.15) is 0 Å². The van der Waals surface area contributed by atoms with Crippen LogP contribution in [0.4, 0.5) is 0 Å². The van der Waals surface area contributed by atoms with E-state index < -0.39 is 5.97 Å². The molecule has 0 aliphatic carbocycles. The molecule has 0 aromatic rings. The second-order valence-electron chi connectivity index (χ2n) is 4.44. The van der Waals surface area contributed by atoms with Crippen LogP contribution in [0, 0.1) is 5.41 Å². The minimum Gasteiger partial charge on any atom is -0.480 e. The molecular weight excluding hydrogens is 154 g/mol. The van der Waals surface area contributed by atoms with Crippen LogP contribution in [0.15, 0.2) is 0 Å². The summed E-state index contributed by atoms with van der Waals surface area (Å²) in [5.41, 5.74) is 0.284. The maximum atomic E-state index is 10.3. The van der Waals surface area contributed by atoms with Crippen LogP contribution in [-0.4, -0.2) is 36.1 Å². The Morgan fingerprint density at radius 1 is 1.42 bits per heavy atom. The number of nitrogens with zero attached hydrogens (tertiary/aromatic N) is 1. The zero-order valence-corrected chi connectivity index (χ0v) is 8.42. The molecule has 12 heavy (non-hydrogen) atoms. The van der Waals surface area contributed by atoms with E-state index in [1.165, 1.54) is 0 Å². The van der Waals surface area contributed by atoms with Gasteiger partial charge in [-0.1, -0.05) is 20.8 Å². The van der Waals surface area contributed by atoms with Crippen molar-refractivity contribution < 1.29 is 9.90 Å². The van der Waals surface area contributed by atoms with Gasteiger partial charge in [0.15, 0.2) is 0 Å². The summed E-state index contributed by atoms with van der Waals surface area (Å²) < 4.78 is 0. The standard InChI is InChI=1S/C9H19NO2/c1-9(2,3)5-6-10(4)7-8(11)12/h5-7H2,1-4H3,(H,11,12). The number of hydrogen-bond donors (Lipinski definition) is 1. The Hall–Kier alpha value is -0.570. The van der Waals surface area contributed by atoms with Crippen molar-refractivity contribution in [2.24, 2.45) is 5.41 Å². The molecule has 0 saturated carbocycles. The first-order valence-corrected chi connectivity index (χ1v) is 4.21. The van der Waals surface area contributed by atoms with Crippen LogP contribution in [0.25, 0.3) is 0 Å². The smallest absolute Gasteiger partial charge is 0.317 e. The van der Waals surface area contributed by atoms with E-state index in [1.807, 2.05) is 11.9 Å². The van der Waals surface area contributed by atoms with E-state index in [1.54, 1.807) is 0 Å². The van der Waals surface area contributed by atoms with Gasteiger partial charge in [0.25, 0.3) is 0 Å². The van der Waals surface area contributed by atoms with Crippen molar-refractivity contribution in [2.45, 2.75) is 27.2 Å². The van der Waals surface area contributed by atoms with Gasteiger partial charge < -0.3 is 5.11 Å². The summed E-state index contributed by atoms with van der Waals surface area (Å²) in [6.07, 6.45) is 1.02. The highest BCUT2D eigenvalue weighted by molar-refractivity contribution is 5.68. The largest absolute Gasteiger partial charge is 0.480 e. The summed E-state index contributed by atoms with van der Waals surface area (Å²) in [5, 5.41) is 8.47. The average Bonchev–Trinajstić information content (AvgIpc) is 1.80. The van der Waals surface area contributed by atoms with Crippen LogP contribution in [0.5, 0.6) is 0 Å². The molecule has 0 rings (SSSR count). The highest BCUT2D eigenvalue weighted by atomic mass is 16.4. The van der Waals surface area contributed by atoms with Gasteiger partial charge in [0.2, 0.25) is 0 Å². The molecule has 72 valence electrons. The molecule has 0 aliphatic heterocycles. The lowest BCUT2D eigenvalue weighted by Crippen LogP contribution is -2.28. The van der Waals surface area contributed by atoms with Crippen LogP contribution in [0.3, 0.4) is 0 Å². The van der Waals surface area contributed by atoms with E-state index in [0.29, 0.717) is 0 Å². The Bertz CT molecular complexity index is 149. The third kappa shape index (κ3) is 7.54. The van der Waals surface area contributed by atoms with Crippen molar-refractivity contribution in [1.29, 1.82) is 0 Å². The van der Waals surface area contributed by atoms with Gasteiger partial charge in [0, 0.05) is 0 Å². The predicted octanol–water partition coefficient (Wildman–Crippen LogP) is 1.44. The Morgan fingerprint density at radius 3 is 2.25 bits per heavy atom. The SMILES string of the molecule is CN(CCC(C)(C)C)CC(=O)O. The third-order valence-corrected chi connectivity index (χ3v) is 1.65. The Morgan fingerprint density at radius 2 is 1.92 bits per heavy atom. The highest BCUT2D eigenvalue weighted by Crippen LogP contribution is 2.18. The van der Waals surface area contributed by atoms with Gasteiger partial charge in [-0.25, -0.2) is 0 Å². The highest BCUT2D eigenvalue weighted by Gasteiger charge is 2.12. The summed E-state index contributed by atoms with van der Waals surface area (Å²) in [6, 6.07) is 0. The Balaban J connectivity index is 3.57. The molecule has 0 heterocycles. The van der Waals surface area contributed by atoms with Gasteiger partial charge >= 0.3 is 5.97 Å². The van der Waals surface area contributed by atoms with Crippen LogP contribution in [-0.2, 0) is 4.79 Å². The lowest BCUT2D eigenvalue weighted by Gasteiger charge is -2.22. The average molecular weight is 173 g/mol. The molecule has 0 amide bonds. The third-order valence-electron chi connectivity index (χ3n) is 1.65. The topological polar surface area (TPSA) is 40.5 Å². The minimum atomic E-state index is -0.758. The lowest BCUT2D eigenvalue weighted by atomic mass is 9.92. The molecule has 0 bridgehead atoms. The van der Waals surface area contributed by atoms with Crippen LogP contribution in [0.1, 0.15) is 27.2 Å². The normalized spacial score (nSPS) is 12.1. The number of rotatable bonds is 4. The van der Waals surface area contributed by atoms with E-state index >= 15 is 0 Å². The van der Waals surface area contributed by atoms with Crippen molar-refractivity contribution in [1.82, 2.24) is 4.90 Å². The summed E-state index contributed by atoms with van der Waals surface area (Å²) >= 11 is 0. The van der Waals surface area contributed by atoms with Crippen molar-refractivity contribution >= 4 is 5.97 Å². The summed E-state index contributed by atoms with van der Waals surface area (Å²) in [7, 11) is 1.83. The van der Waals surface area contributed by atoms with Crippen LogP contribution >= 0.6 is 0 Å². The van der Waals surface area contributed by atoms with Gasteiger partial charge in [-0.05, 0) is 25.4 Å². The van der Waals surface area contributed by atoms with E-state index in [0.717, 1.165) is 13.0 Å². The molecule has 3 heteroatoms. The Kier molecular flexibility index (Phi) is 4.24. The molecule has 0 aromatic heterocycles. The van der Waals surface area contributed by atoms with E-state index in [9.17, 15) is 4.79 Å². The molecule has 0 atom stereocenters. The number of aliphatic carboxylic acids is 1. The van der Waals surface area contributed by atoms with Gasteiger partial charge in [-0.3, -0.25) is 9.69 Å². The zero-order chi connectivity index (χ0) is 9.78. The zero-order valence-electron chi connectivity index (χ0n) is 8.42. The van der Waals surface area contributed by atoms with Crippen LogP contribution < -0.4 is 0 Å². The first-order valence-electron chi connectivity index (χ1n) is 4.21. The molecule has 3 nitrogen and oxygen atoms in total. The fourth-order valence-corrected chi connectivity index (χ4v) is 0.836. The van der Waals surface area contributed by atoms with Crippen LogP contribution in [0.2, 0.25) is 0 Å². The maximum Gasteiger partial charge on any atom is 0.317 e. The first kappa shape index (κ1) is 11.4. The van der Waals surface area contributed by atoms with Gasteiger partial charge in [0.1, 0.15) is 0 Å². The van der Waals surface area contributed by atoms with E-state index in [-0.39, 0.29) is 12.0 Å². The summed E-state index contributed by atoms with van der Waals surface area (Å²) in [5.74, 6) is -0.758. The molecule has 0 fully saturated rings. The number of carbonyl (C=O) groups is 1.